The van der Waals surface area contributed by atoms with Crippen molar-refractivity contribution >= 4 is 35.6 Å². The van der Waals surface area contributed by atoms with E-state index in [9.17, 15) is 8.78 Å². The van der Waals surface area contributed by atoms with Gasteiger partial charge < -0.3 is 24.8 Å². The van der Waals surface area contributed by atoms with Crippen LogP contribution >= 0.6 is 24.0 Å². The third kappa shape index (κ3) is 6.41. The van der Waals surface area contributed by atoms with Gasteiger partial charge in [0.1, 0.15) is 11.6 Å². The van der Waals surface area contributed by atoms with E-state index in [4.69, 9.17) is 0 Å². The van der Waals surface area contributed by atoms with Gasteiger partial charge in [0.15, 0.2) is 11.8 Å². The molecule has 2 N–H and O–H groups in total. The maximum Gasteiger partial charge on any atom is 0.387 e. The first-order chi connectivity index (χ1) is 14.0. The van der Waals surface area contributed by atoms with Crippen LogP contribution in [0, 0.1) is 6.92 Å². The number of benzene rings is 1. The van der Waals surface area contributed by atoms with Crippen molar-refractivity contribution in [2.75, 3.05) is 25.0 Å². The standard InChI is InChI=1S/C19H27F2N7O.HI/c1-13-25-26-17(27(13)3)11-23-19(22-2)24-14-5-4-10-28(12-14)15-6-8-16(9-7-15)29-18(20)21;/h6-9,14,18H,4-5,10-12H2,1-3H3,(H2,22,23,24);1H. The van der Waals surface area contributed by atoms with Gasteiger partial charge >= 0.3 is 6.61 Å². The number of ether oxygens (including phenoxy) is 1. The number of aryl methyl sites for hydroxylation is 1. The van der Waals surface area contributed by atoms with Gasteiger partial charge in [-0.2, -0.15) is 8.78 Å². The summed E-state index contributed by atoms with van der Waals surface area (Å²) in [5, 5.41) is 14.9. The lowest BCUT2D eigenvalue weighted by Gasteiger charge is -2.35. The molecule has 0 bridgehead atoms. The first kappa shape index (κ1) is 24.1. The molecule has 11 heteroatoms. The molecular formula is C19H28F2IN7O. The highest BCUT2D eigenvalue weighted by Crippen LogP contribution is 2.23. The lowest BCUT2D eigenvalue weighted by Crippen LogP contribution is -2.51. The second kappa shape index (κ2) is 11.3. The van der Waals surface area contributed by atoms with E-state index in [1.54, 1.807) is 19.2 Å². The zero-order chi connectivity index (χ0) is 20.8. The second-order valence-corrected chi connectivity index (χ2v) is 6.95. The van der Waals surface area contributed by atoms with E-state index < -0.39 is 6.61 Å². The number of rotatable bonds is 6. The predicted molar refractivity (Wildman–Crippen MR) is 123 cm³/mol. The number of aromatic nitrogens is 3. The Hall–Kier alpha value is -2.18. The summed E-state index contributed by atoms with van der Waals surface area (Å²) in [7, 11) is 3.67. The van der Waals surface area contributed by atoms with Crippen molar-refractivity contribution in [2.24, 2.45) is 12.0 Å². The van der Waals surface area contributed by atoms with Crippen LogP contribution in [0.3, 0.4) is 0 Å². The van der Waals surface area contributed by atoms with Gasteiger partial charge in [0.2, 0.25) is 0 Å². The van der Waals surface area contributed by atoms with Crippen LogP contribution in [0.4, 0.5) is 14.5 Å². The highest BCUT2D eigenvalue weighted by molar-refractivity contribution is 14.0. The Balaban J connectivity index is 0.00000320. The minimum absolute atomic E-state index is 0. The van der Waals surface area contributed by atoms with Gasteiger partial charge in [-0.3, -0.25) is 4.99 Å². The maximum absolute atomic E-state index is 12.3. The summed E-state index contributed by atoms with van der Waals surface area (Å²) in [6.45, 7) is 1.33. The Morgan fingerprint density at radius 2 is 2.03 bits per heavy atom. The van der Waals surface area contributed by atoms with Crippen molar-refractivity contribution in [3.63, 3.8) is 0 Å². The topological polar surface area (TPSA) is 79.6 Å². The van der Waals surface area contributed by atoms with Crippen molar-refractivity contribution < 1.29 is 13.5 Å². The fourth-order valence-electron chi connectivity index (χ4n) is 3.32. The molecule has 0 amide bonds. The van der Waals surface area contributed by atoms with Crippen LogP contribution in [0.2, 0.25) is 0 Å². The Labute approximate surface area is 192 Å². The quantitative estimate of drug-likeness (QED) is 0.337. The molecule has 2 heterocycles. The number of halogens is 3. The third-order valence-corrected chi connectivity index (χ3v) is 5.01. The zero-order valence-corrected chi connectivity index (χ0v) is 19.6. The van der Waals surface area contributed by atoms with Crippen LogP contribution in [-0.4, -0.2) is 53.5 Å². The number of nitrogens with zero attached hydrogens (tertiary/aromatic N) is 5. The van der Waals surface area contributed by atoms with Crippen molar-refractivity contribution in [3.8, 4) is 5.75 Å². The Kier molecular flexibility index (Phi) is 9.06. The molecule has 1 aliphatic heterocycles. The number of hydrogen-bond donors (Lipinski definition) is 2. The lowest BCUT2D eigenvalue weighted by molar-refractivity contribution is -0.0498. The van der Waals surface area contributed by atoms with E-state index in [0.29, 0.717) is 12.5 Å². The van der Waals surface area contributed by atoms with E-state index >= 15 is 0 Å². The second-order valence-electron chi connectivity index (χ2n) is 6.95. The van der Waals surface area contributed by atoms with Gasteiger partial charge in [-0.1, -0.05) is 0 Å². The number of piperidine rings is 1. The molecule has 1 aromatic carbocycles. The molecule has 0 saturated carbocycles. The summed E-state index contributed by atoms with van der Waals surface area (Å²) in [4.78, 5) is 6.53. The van der Waals surface area contributed by atoms with Gasteiger partial charge in [-0.25, -0.2) is 0 Å². The highest BCUT2D eigenvalue weighted by atomic mass is 127. The number of hydrogen-bond acceptors (Lipinski definition) is 5. The first-order valence-corrected chi connectivity index (χ1v) is 9.58. The van der Waals surface area contributed by atoms with Crippen LogP contribution < -0.4 is 20.3 Å². The zero-order valence-electron chi connectivity index (χ0n) is 17.3. The third-order valence-electron chi connectivity index (χ3n) is 5.01. The minimum atomic E-state index is -2.81. The number of guanidine groups is 1. The smallest absolute Gasteiger partial charge is 0.387 e. The minimum Gasteiger partial charge on any atom is -0.435 e. The molecule has 1 aromatic heterocycles. The normalized spacial score (nSPS) is 16.9. The van der Waals surface area contributed by atoms with Crippen LogP contribution in [0.25, 0.3) is 0 Å². The fourth-order valence-corrected chi connectivity index (χ4v) is 3.32. The summed E-state index contributed by atoms with van der Waals surface area (Å²) in [6.07, 6.45) is 2.04. The molecular weight excluding hydrogens is 507 g/mol. The SMILES string of the molecule is CN=C(NCc1nnc(C)n1C)NC1CCCN(c2ccc(OC(F)F)cc2)C1.I. The molecule has 1 unspecified atom stereocenters. The van der Waals surface area contributed by atoms with Crippen LogP contribution in [0.5, 0.6) is 5.75 Å². The predicted octanol–water partition coefficient (Wildman–Crippen LogP) is 2.68. The summed E-state index contributed by atoms with van der Waals surface area (Å²) in [6, 6.07) is 6.98. The van der Waals surface area contributed by atoms with E-state index in [2.05, 4.69) is 35.5 Å². The Morgan fingerprint density at radius 3 is 2.63 bits per heavy atom. The number of nitrogens with one attached hydrogen (secondary N) is 2. The molecule has 0 aliphatic carbocycles. The molecule has 30 heavy (non-hydrogen) atoms. The van der Waals surface area contributed by atoms with Crippen molar-refractivity contribution in [2.45, 2.75) is 39.0 Å². The molecule has 1 aliphatic rings. The Bertz CT molecular complexity index is 829. The van der Waals surface area contributed by atoms with Crippen LogP contribution in [-0.2, 0) is 13.6 Å². The van der Waals surface area contributed by atoms with Gasteiger partial charge in [0.25, 0.3) is 0 Å². The van der Waals surface area contributed by atoms with Gasteiger partial charge in [-0.15, -0.1) is 34.2 Å². The van der Waals surface area contributed by atoms with E-state index in [1.165, 1.54) is 0 Å². The summed E-state index contributed by atoms with van der Waals surface area (Å²) >= 11 is 0. The lowest BCUT2D eigenvalue weighted by atomic mass is 10.0. The van der Waals surface area contributed by atoms with Crippen molar-refractivity contribution in [1.29, 1.82) is 0 Å². The van der Waals surface area contributed by atoms with Gasteiger partial charge in [0.05, 0.1) is 6.54 Å². The monoisotopic (exact) mass is 535 g/mol. The van der Waals surface area contributed by atoms with Crippen molar-refractivity contribution in [1.82, 2.24) is 25.4 Å². The van der Waals surface area contributed by atoms with E-state index in [1.807, 2.05) is 30.7 Å². The summed E-state index contributed by atoms with van der Waals surface area (Å²) < 4.78 is 31.0. The molecule has 1 fully saturated rings. The molecule has 8 nitrogen and oxygen atoms in total. The molecule has 1 saturated heterocycles. The molecule has 3 rings (SSSR count). The maximum atomic E-state index is 12.3. The number of anilines is 1. The first-order valence-electron chi connectivity index (χ1n) is 9.58. The summed E-state index contributed by atoms with van der Waals surface area (Å²) in [5.74, 6) is 2.57. The van der Waals surface area contributed by atoms with Gasteiger partial charge in [-0.05, 0) is 44.0 Å². The fraction of sp³-hybridized carbons (Fsp3) is 0.526. The molecule has 1 atom stereocenters. The average molecular weight is 535 g/mol. The highest BCUT2D eigenvalue weighted by Gasteiger charge is 2.21. The molecule has 0 radical (unpaired) electrons. The largest absolute Gasteiger partial charge is 0.435 e. The summed E-state index contributed by atoms with van der Waals surface area (Å²) in [5.41, 5.74) is 0.982. The van der Waals surface area contributed by atoms with Crippen LogP contribution in [0.1, 0.15) is 24.5 Å². The molecule has 2 aromatic rings. The number of alkyl halides is 2. The average Bonchev–Trinajstić information content (AvgIpc) is 3.03. The van der Waals surface area contributed by atoms with Crippen molar-refractivity contribution in [3.05, 3.63) is 35.9 Å². The van der Waals surface area contributed by atoms with E-state index in [0.717, 1.165) is 43.3 Å². The number of aliphatic imine (C=N–C) groups is 1. The van der Waals surface area contributed by atoms with Crippen LogP contribution in [0.15, 0.2) is 29.3 Å². The van der Waals surface area contributed by atoms with Gasteiger partial charge in [0, 0.05) is 38.9 Å². The molecule has 0 spiro atoms. The Morgan fingerprint density at radius 1 is 1.30 bits per heavy atom. The van der Waals surface area contributed by atoms with E-state index in [-0.39, 0.29) is 35.8 Å². The molecule has 166 valence electrons.